The second-order valence-corrected chi connectivity index (χ2v) is 8.28. The fraction of sp³-hybridized carbons (Fsp3) is 0.0588. The average Bonchev–Trinajstić information content (AvgIpc) is 3.15. The van der Waals surface area contributed by atoms with Crippen molar-refractivity contribution >= 4 is 49.7 Å². The topological polar surface area (TPSA) is 97.4 Å². The smallest absolute Gasteiger partial charge is 0.262 e. The highest BCUT2D eigenvalue weighted by atomic mass is 35.5. The summed E-state index contributed by atoms with van der Waals surface area (Å²) in [6, 6.07) is 10.3. The third-order valence-corrected chi connectivity index (χ3v) is 5.75. The first-order valence-electron chi connectivity index (χ1n) is 7.56. The lowest BCUT2D eigenvalue weighted by Gasteiger charge is -2.12. The van der Waals surface area contributed by atoms with Crippen LogP contribution in [0.15, 0.2) is 58.9 Å². The van der Waals surface area contributed by atoms with Gasteiger partial charge in [-0.25, -0.2) is 13.4 Å². The molecule has 0 spiro atoms. The Hall–Kier alpha value is -2.62. The number of methoxy groups -OCH3 is 1. The summed E-state index contributed by atoms with van der Waals surface area (Å²) in [7, 11) is -2.54. The molecule has 0 aliphatic rings. The van der Waals surface area contributed by atoms with Crippen LogP contribution in [-0.2, 0) is 10.0 Å². The minimum absolute atomic E-state index is 0.0729. The molecule has 0 fully saturated rings. The molecule has 0 aliphatic carbocycles. The van der Waals surface area contributed by atoms with Crippen molar-refractivity contribution in [1.29, 1.82) is 0 Å². The Morgan fingerprint density at radius 1 is 1.22 bits per heavy atom. The maximum absolute atomic E-state index is 12.7. The van der Waals surface area contributed by atoms with Gasteiger partial charge in [0.2, 0.25) is 0 Å². The van der Waals surface area contributed by atoms with Crippen LogP contribution in [0.4, 0.5) is 10.8 Å². The molecule has 0 saturated heterocycles. The summed E-state index contributed by atoms with van der Waals surface area (Å²) in [5.41, 5.74) is 0.383. The molecule has 0 bridgehead atoms. The van der Waals surface area contributed by atoms with Crippen LogP contribution in [-0.4, -0.2) is 26.4 Å². The number of ether oxygens (including phenoxy) is 1. The first-order valence-corrected chi connectivity index (χ1v) is 10.3. The van der Waals surface area contributed by atoms with Gasteiger partial charge in [0, 0.05) is 22.2 Å². The van der Waals surface area contributed by atoms with E-state index in [9.17, 15) is 13.2 Å². The summed E-state index contributed by atoms with van der Waals surface area (Å²) in [5, 5.41) is 5.11. The Bertz CT molecular complexity index is 1070. The molecular formula is C17H14ClN3O4S2. The van der Waals surface area contributed by atoms with E-state index in [1.54, 1.807) is 23.7 Å². The maximum Gasteiger partial charge on any atom is 0.262 e. The highest BCUT2D eigenvalue weighted by molar-refractivity contribution is 7.92. The Morgan fingerprint density at radius 2 is 2.04 bits per heavy atom. The van der Waals surface area contributed by atoms with Gasteiger partial charge in [0.15, 0.2) is 5.13 Å². The molecule has 3 aromatic rings. The van der Waals surface area contributed by atoms with Crippen LogP contribution in [0.1, 0.15) is 10.4 Å². The van der Waals surface area contributed by atoms with Crippen LogP contribution in [0.3, 0.4) is 0 Å². The van der Waals surface area contributed by atoms with E-state index >= 15 is 0 Å². The summed E-state index contributed by atoms with van der Waals surface area (Å²) in [5.74, 6) is -0.136. The van der Waals surface area contributed by atoms with E-state index < -0.39 is 15.9 Å². The van der Waals surface area contributed by atoms with E-state index in [4.69, 9.17) is 16.3 Å². The van der Waals surface area contributed by atoms with Gasteiger partial charge in [-0.2, -0.15) is 0 Å². The third kappa shape index (κ3) is 4.57. The number of aromatic nitrogens is 1. The van der Waals surface area contributed by atoms with E-state index in [0.717, 1.165) is 0 Å². The Kier molecular flexibility index (Phi) is 5.64. The maximum atomic E-state index is 12.7. The van der Waals surface area contributed by atoms with Gasteiger partial charge in [0.05, 0.1) is 17.7 Å². The number of carbonyl (C=O) groups is 1. The standard InChI is InChI=1S/C17H14ClN3O4S2/c1-25-15-6-5-12(18)10-14(15)21-27(23,24)13-4-2-3-11(9-13)16(22)20-17-19-7-8-26-17/h2-10,21H,1H3,(H,19,20,22). The number of carbonyl (C=O) groups excluding carboxylic acids is 1. The molecular weight excluding hydrogens is 410 g/mol. The van der Waals surface area contributed by atoms with Crippen molar-refractivity contribution in [2.45, 2.75) is 4.90 Å². The first-order chi connectivity index (χ1) is 12.9. The number of nitrogens with one attached hydrogen (secondary N) is 2. The number of thiazole rings is 1. The van der Waals surface area contributed by atoms with E-state index in [1.165, 1.54) is 48.8 Å². The molecule has 27 heavy (non-hydrogen) atoms. The summed E-state index contributed by atoms with van der Waals surface area (Å²) >= 11 is 7.20. The van der Waals surface area contributed by atoms with Gasteiger partial charge >= 0.3 is 0 Å². The van der Waals surface area contributed by atoms with Gasteiger partial charge in [-0.05, 0) is 36.4 Å². The zero-order valence-corrected chi connectivity index (χ0v) is 16.4. The molecule has 140 valence electrons. The largest absolute Gasteiger partial charge is 0.495 e. The van der Waals surface area contributed by atoms with Crippen LogP contribution in [0, 0.1) is 0 Å². The molecule has 1 aromatic heterocycles. The van der Waals surface area contributed by atoms with Gasteiger partial charge in [0.1, 0.15) is 5.75 Å². The van der Waals surface area contributed by atoms with Gasteiger partial charge in [-0.1, -0.05) is 17.7 Å². The van der Waals surface area contributed by atoms with Crippen LogP contribution >= 0.6 is 22.9 Å². The first kappa shape index (κ1) is 19.2. The highest BCUT2D eigenvalue weighted by Gasteiger charge is 2.19. The number of amides is 1. The zero-order valence-electron chi connectivity index (χ0n) is 14.0. The highest BCUT2D eigenvalue weighted by Crippen LogP contribution is 2.30. The van der Waals surface area contributed by atoms with Gasteiger partial charge in [0.25, 0.3) is 15.9 Å². The van der Waals surface area contributed by atoms with Crippen LogP contribution in [0.25, 0.3) is 0 Å². The van der Waals surface area contributed by atoms with Gasteiger partial charge in [-0.3, -0.25) is 14.8 Å². The van der Waals surface area contributed by atoms with Crippen molar-refractivity contribution < 1.29 is 17.9 Å². The second-order valence-electron chi connectivity index (χ2n) is 5.27. The molecule has 2 aromatic carbocycles. The van der Waals surface area contributed by atoms with Crippen LogP contribution < -0.4 is 14.8 Å². The number of nitrogens with zero attached hydrogens (tertiary/aromatic N) is 1. The Labute approximate surface area is 165 Å². The quantitative estimate of drug-likeness (QED) is 0.627. The minimum Gasteiger partial charge on any atom is -0.495 e. The molecule has 0 atom stereocenters. The Morgan fingerprint density at radius 3 is 2.74 bits per heavy atom. The van der Waals surface area contributed by atoms with Crippen molar-refractivity contribution in [3.63, 3.8) is 0 Å². The number of halogens is 1. The van der Waals surface area contributed by atoms with Crippen LogP contribution in [0.2, 0.25) is 5.02 Å². The molecule has 10 heteroatoms. The van der Waals surface area contributed by atoms with Crippen LogP contribution in [0.5, 0.6) is 5.75 Å². The number of benzene rings is 2. The van der Waals surface area contributed by atoms with Gasteiger partial charge in [-0.15, -0.1) is 11.3 Å². The number of sulfonamides is 1. The molecule has 0 aliphatic heterocycles. The van der Waals surface area contributed by atoms with Crippen molar-refractivity contribution in [1.82, 2.24) is 4.98 Å². The van der Waals surface area contributed by atoms with E-state index in [0.29, 0.717) is 15.9 Å². The fourth-order valence-corrected chi connectivity index (χ4v) is 4.03. The minimum atomic E-state index is -3.96. The van der Waals surface area contributed by atoms with Crippen molar-refractivity contribution in [3.05, 3.63) is 64.6 Å². The lowest BCUT2D eigenvalue weighted by atomic mass is 10.2. The van der Waals surface area contributed by atoms with Crippen molar-refractivity contribution in [2.24, 2.45) is 0 Å². The average molecular weight is 424 g/mol. The predicted molar refractivity (Wildman–Crippen MR) is 105 cm³/mol. The number of anilines is 2. The van der Waals surface area contributed by atoms with E-state index in [2.05, 4.69) is 15.0 Å². The lowest BCUT2D eigenvalue weighted by Crippen LogP contribution is -2.16. The Balaban J connectivity index is 1.87. The molecule has 0 radical (unpaired) electrons. The van der Waals surface area contributed by atoms with Crippen molar-refractivity contribution in [2.75, 3.05) is 17.1 Å². The molecule has 7 nitrogen and oxygen atoms in total. The monoisotopic (exact) mass is 423 g/mol. The second kappa shape index (κ2) is 7.95. The SMILES string of the molecule is COc1ccc(Cl)cc1NS(=O)(=O)c1cccc(C(=O)Nc2nccs2)c1. The molecule has 0 saturated carbocycles. The third-order valence-electron chi connectivity index (χ3n) is 3.47. The number of hydrogen-bond donors (Lipinski definition) is 2. The summed E-state index contributed by atoms with van der Waals surface area (Å²) in [6.07, 6.45) is 1.56. The summed E-state index contributed by atoms with van der Waals surface area (Å²) < 4.78 is 33.0. The molecule has 1 heterocycles. The number of rotatable bonds is 6. The number of hydrogen-bond acceptors (Lipinski definition) is 6. The summed E-state index contributed by atoms with van der Waals surface area (Å²) in [6.45, 7) is 0. The lowest BCUT2D eigenvalue weighted by molar-refractivity contribution is 0.102. The van der Waals surface area contributed by atoms with Crippen molar-refractivity contribution in [3.8, 4) is 5.75 Å². The summed E-state index contributed by atoms with van der Waals surface area (Å²) in [4.78, 5) is 16.2. The molecule has 2 N–H and O–H groups in total. The van der Waals surface area contributed by atoms with E-state index in [1.807, 2.05) is 0 Å². The van der Waals surface area contributed by atoms with E-state index in [-0.39, 0.29) is 16.1 Å². The molecule has 0 unspecified atom stereocenters. The van der Waals surface area contributed by atoms with Gasteiger partial charge < -0.3 is 4.74 Å². The molecule has 3 rings (SSSR count). The normalized spacial score (nSPS) is 11.0. The fourth-order valence-electron chi connectivity index (χ4n) is 2.22. The molecule has 1 amide bonds. The zero-order chi connectivity index (χ0) is 19.4. The predicted octanol–water partition coefficient (Wildman–Crippen LogP) is 3.86.